The van der Waals surface area contributed by atoms with E-state index >= 15 is 0 Å². The van der Waals surface area contributed by atoms with Crippen molar-refractivity contribution in [2.24, 2.45) is 18.9 Å². The summed E-state index contributed by atoms with van der Waals surface area (Å²) >= 11 is 0. The van der Waals surface area contributed by atoms with E-state index in [1.165, 1.54) is 0 Å². The molecule has 2 rings (SSSR count). The molecule has 5 heteroatoms. The Bertz CT molecular complexity index is 469. The maximum Gasteiger partial charge on any atom is 0.225 e. The monoisotopic (exact) mass is 292 g/mol. The molecule has 21 heavy (non-hydrogen) atoms. The van der Waals surface area contributed by atoms with E-state index in [-0.39, 0.29) is 11.8 Å². The summed E-state index contributed by atoms with van der Waals surface area (Å²) in [6, 6.07) is 0.475. The topological polar surface area (TPSA) is 50.2 Å². The van der Waals surface area contributed by atoms with Crippen LogP contribution < -0.4 is 5.32 Å². The Labute approximate surface area is 127 Å². The van der Waals surface area contributed by atoms with Crippen molar-refractivity contribution >= 4 is 5.91 Å². The number of likely N-dealkylation sites (tertiary alicyclic amines) is 1. The van der Waals surface area contributed by atoms with Crippen molar-refractivity contribution in [2.75, 3.05) is 13.1 Å². The fourth-order valence-corrected chi connectivity index (χ4v) is 3.07. The van der Waals surface area contributed by atoms with Gasteiger partial charge in [0.25, 0.3) is 0 Å². The highest BCUT2D eigenvalue weighted by Crippen LogP contribution is 2.22. The van der Waals surface area contributed by atoms with Crippen molar-refractivity contribution in [3.63, 3.8) is 0 Å². The fourth-order valence-electron chi connectivity index (χ4n) is 3.07. The molecule has 1 aromatic heterocycles. The van der Waals surface area contributed by atoms with Gasteiger partial charge < -0.3 is 14.8 Å². The number of nitrogens with one attached hydrogen (secondary N) is 1. The van der Waals surface area contributed by atoms with Gasteiger partial charge in [0.15, 0.2) is 0 Å². The summed E-state index contributed by atoms with van der Waals surface area (Å²) in [5.74, 6) is 1.97. The van der Waals surface area contributed by atoms with E-state index in [0.29, 0.717) is 12.0 Å². The second-order valence-electron chi connectivity index (χ2n) is 6.34. The summed E-state index contributed by atoms with van der Waals surface area (Å²) < 4.78 is 2.05. The van der Waals surface area contributed by atoms with E-state index < -0.39 is 0 Å². The molecule has 1 fully saturated rings. The van der Waals surface area contributed by atoms with Crippen LogP contribution in [-0.4, -0.2) is 39.5 Å². The second-order valence-corrected chi connectivity index (χ2v) is 6.34. The third-order valence-electron chi connectivity index (χ3n) is 4.51. The Morgan fingerprint density at radius 2 is 2.29 bits per heavy atom. The lowest BCUT2D eigenvalue weighted by molar-refractivity contribution is -0.136. The molecule has 1 amide bonds. The normalized spacial score (nSPS) is 22.8. The van der Waals surface area contributed by atoms with Gasteiger partial charge >= 0.3 is 0 Å². The zero-order valence-electron chi connectivity index (χ0n) is 13.7. The van der Waals surface area contributed by atoms with Gasteiger partial charge in [-0.2, -0.15) is 0 Å². The van der Waals surface area contributed by atoms with Gasteiger partial charge in [-0.05, 0) is 12.3 Å². The summed E-state index contributed by atoms with van der Waals surface area (Å²) in [6.45, 7) is 8.72. The first-order valence-electron chi connectivity index (χ1n) is 8.01. The Morgan fingerprint density at radius 1 is 1.52 bits per heavy atom. The van der Waals surface area contributed by atoms with E-state index in [9.17, 15) is 4.79 Å². The number of imidazole rings is 1. The molecule has 118 valence electrons. The molecule has 1 N–H and O–H groups in total. The third-order valence-corrected chi connectivity index (χ3v) is 4.51. The highest BCUT2D eigenvalue weighted by Gasteiger charge is 2.30. The van der Waals surface area contributed by atoms with Crippen LogP contribution in [0.3, 0.4) is 0 Å². The zero-order valence-corrected chi connectivity index (χ0v) is 13.7. The van der Waals surface area contributed by atoms with Crippen molar-refractivity contribution in [3.05, 3.63) is 18.2 Å². The predicted molar refractivity (Wildman–Crippen MR) is 83.7 cm³/mol. The van der Waals surface area contributed by atoms with Gasteiger partial charge in [-0.15, -0.1) is 0 Å². The minimum atomic E-state index is 0.0968. The van der Waals surface area contributed by atoms with Gasteiger partial charge in [0.05, 0.1) is 6.54 Å². The largest absolute Gasteiger partial charge is 0.342 e. The number of nitrogens with zero attached hydrogens (tertiary/aromatic N) is 3. The fraction of sp³-hybridized carbons (Fsp3) is 0.750. The molecular formula is C16H28N4O. The quantitative estimate of drug-likeness (QED) is 0.900. The summed E-state index contributed by atoms with van der Waals surface area (Å²) in [5, 5.41) is 3.63. The molecule has 0 saturated carbocycles. The van der Waals surface area contributed by atoms with Crippen molar-refractivity contribution < 1.29 is 4.79 Å². The molecule has 2 heterocycles. The predicted octanol–water partition coefficient (Wildman–Crippen LogP) is 1.79. The molecule has 0 spiro atoms. The first kappa shape index (κ1) is 16.0. The molecule has 1 aliphatic heterocycles. The molecule has 1 aliphatic rings. The number of aromatic nitrogens is 2. The van der Waals surface area contributed by atoms with Crippen LogP contribution in [-0.2, 0) is 18.4 Å². The van der Waals surface area contributed by atoms with Gasteiger partial charge in [0.2, 0.25) is 5.91 Å². The number of aryl methyl sites for hydroxylation is 1. The smallest absolute Gasteiger partial charge is 0.225 e. The zero-order chi connectivity index (χ0) is 15.4. The van der Waals surface area contributed by atoms with Crippen LogP contribution in [0.25, 0.3) is 0 Å². The second kappa shape index (κ2) is 7.07. The number of amides is 1. The molecule has 0 aromatic carbocycles. The van der Waals surface area contributed by atoms with Crippen LogP contribution in [0.1, 0.15) is 39.4 Å². The molecular weight excluding hydrogens is 264 g/mol. The van der Waals surface area contributed by atoms with Crippen LogP contribution in [0.4, 0.5) is 0 Å². The molecule has 1 saturated heterocycles. The maximum absolute atomic E-state index is 12.1. The Hall–Kier alpha value is -1.36. The molecule has 2 atom stereocenters. The van der Waals surface area contributed by atoms with Gasteiger partial charge in [-0.3, -0.25) is 4.79 Å². The van der Waals surface area contributed by atoms with Crippen molar-refractivity contribution in [1.82, 2.24) is 19.8 Å². The molecule has 1 aromatic rings. The van der Waals surface area contributed by atoms with E-state index in [2.05, 4.69) is 17.2 Å². The van der Waals surface area contributed by atoms with Gasteiger partial charge in [-0.25, -0.2) is 4.98 Å². The van der Waals surface area contributed by atoms with Crippen LogP contribution in [0.5, 0.6) is 0 Å². The summed E-state index contributed by atoms with van der Waals surface area (Å²) in [6.07, 6.45) is 5.93. The molecule has 0 unspecified atom stereocenters. The van der Waals surface area contributed by atoms with Crippen molar-refractivity contribution in [3.8, 4) is 0 Å². The minimum absolute atomic E-state index is 0.0968. The molecule has 0 bridgehead atoms. The lowest BCUT2D eigenvalue weighted by atomic mass is 9.89. The van der Waals surface area contributed by atoms with Crippen LogP contribution >= 0.6 is 0 Å². The summed E-state index contributed by atoms with van der Waals surface area (Å²) in [5.41, 5.74) is 0. The molecule has 5 nitrogen and oxygen atoms in total. The van der Waals surface area contributed by atoms with Crippen molar-refractivity contribution in [1.29, 1.82) is 0 Å². The van der Waals surface area contributed by atoms with Crippen LogP contribution in [0.15, 0.2) is 12.4 Å². The number of hydrogen-bond donors (Lipinski definition) is 1. The highest BCUT2D eigenvalue weighted by atomic mass is 16.2. The summed E-state index contributed by atoms with van der Waals surface area (Å²) in [4.78, 5) is 18.5. The number of carbonyl (C=O) groups is 1. The minimum Gasteiger partial charge on any atom is -0.342 e. The van der Waals surface area contributed by atoms with Crippen molar-refractivity contribution in [2.45, 2.75) is 46.2 Å². The first-order valence-corrected chi connectivity index (χ1v) is 8.01. The van der Waals surface area contributed by atoms with Gasteiger partial charge in [0, 0.05) is 44.5 Å². The number of piperidine rings is 1. The number of hydrogen-bond acceptors (Lipinski definition) is 3. The Morgan fingerprint density at radius 3 is 2.86 bits per heavy atom. The number of carbonyl (C=O) groups excluding carboxylic acids is 1. The van der Waals surface area contributed by atoms with Gasteiger partial charge in [-0.1, -0.05) is 27.2 Å². The Balaban J connectivity index is 1.90. The molecule has 0 aliphatic carbocycles. The SMILES string of the molecule is CC[C@@H]1CN(C(=O)C(C)C)CC[C@H]1NCc1nccn1C. The lowest BCUT2D eigenvalue weighted by Crippen LogP contribution is -2.51. The van der Waals surface area contributed by atoms with E-state index in [4.69, 9.17) is 0 Å². The average molecular weight is 292 g/mol. The third kappa shape index (κ3) is 3.84. The number of rotatable bonds is 5. The standard InChI is InChI=1S/C16H28N4O/c1-5-13-11-20(16(21)12(2)3)8-6-14(13)18-10-15-17-7-9-19(15)4/h7,9,12-14,18H,5-6,8,10-11H2,1-4H3/t13-,14-/m1/s1. The van der Waals surface area contributed by atoms with E-state index in [1.807, 2.05) is 42.8 Å². The van der Waals surface area contributed by atoms with E-state index in [1.54, 1.807) is 0 Å². The average Bonchev–Trinajstić information content (AvgIpc) is 2.89. The Kier molecular flexibility index (Phi) is 5.39. The van der Waals surface area contributed by atoms with Crippen LogP contribution in [0.2, 0.25) is 0 Å². The van der Waals surface area contributed by atoms with Gasteiger partial charge in [0.1, 0.15) is 5.82 Å². The maximum atomic E-state index is 12.1. The first-order chi connectivity index (χ1) is 10.0. The van der Waals surface area contributed by atoms with Crippen LogP contribution in [0, 0.1) is 11.8 Å². The van der Waals surface area contributed by atoms with E-state index in [0.717, 1.165) is 38.3 Å². The highest BCUT2D eigenvalue weighted by molar-refractivity contribution is 5.78. The summed E-state index contributed by atoms with van der Waals surface area (Å²) in [7, 11) is 2.02. The lowest BCUT2D eigenvalue weighted by Gasteiger charge is -2.39. The molecule has 0 radical (unpaired) electrons.